The summed E-state index contributed by atoms with van der Waals surface area (Å²) in [5.74, 6) is 1.48. The number of rotatable bonds is 7. The highest BCUT2D eigenvalue weighted by atomic mass is 15.2. The number of para-hydroxylation sites is 1. The van der Waals surface area contributed by atoms with Gasteiger partial charge >= 0.3 is 0 Å². The molecule has 1 atom stereocenters. The normalized spacial score (nSPS) is 15.2. The van der Waals surface area contributed by atoms with Crippen LogP contribution in [0, 0.1) is 0 Å². The molecule has 0 fully saturated rings. The lowest BCUT2D eigenvalue weighted by atomic mass is 9.92. The first kappa shape index (κ1) is 26.7. The van der Waals surface area contributed by atoms with Crippen molar-refractivity contribution >= 4 is 23.4 Å². The van der Waals surface area contributed by atoms with Gasteiger partial charge in [-0.05, 0) is 53.0 Å². The first-order valence-electron chi connectivity index (χ1n) is 14.1. The Morgan fingerprint density at radius 2 is 1.29 bits per heavy atom. The fourth-order valence-corrected chi connectivity index (χ4v) is 5.15. The Kier molecular flexibility index (Phi) is 7.87. The number of amidine groups is 2. The second kappa shape index (κ2) is 12.4. The molecule has 4 nitrogen and oxygen atoms in total. The van der Waals surface area contributed by atoms with Crippen LogP contribution in [0.2, 0.25) is 0 Å². The molecule has 5 aromatic carbocycles. The van der Waals surface area contributed by atoms with Crippen molar-refractivity contribution in [3.05, 3.63) is 168 Å². The van der Waals surface area contributed by atoms with Crippen LogP contribution in [0.25, 0.3) is 28.3 Å². The van der Waals surface area contributed by atoms with Crippen LogP contribution >= 0.6 is 0 Å². The summed E-state index contributed by atoms with van der Waals surface area (Å²) in [7, 11) is 0. The van der Waals surface area contributed by atoms with E-state index in [-0.39, 0.29) is 6.17 Å². The Balaban J connectivity index is 1.51. The second-order valence-electron chi connectivity index (χ2n) is 10.1. The van der Waals surface area contributed by atoms with Crippen molar-refractivity contribution in [1.82, 2.24) is 5.32 Å². The molecule has 0 spiro atoms. The van der Waals surface area contributed by atoms with E-state index in [0.29, 0.717) is 5.84 Å². The van der Waals surface area contributed by atoms with Crippen LogP contribution in [0.4, 0.5) is 5.69 Å². The van der Waals surface area contributed by atoms with E-state index in [1.54, 1.807) is 0 Å². The van der Waals surface area contributed by atoms with E-state index in [9.17, 15) is 0 Å². The first-order chi connectivity index (χ1) is 20.7. The highest BCUT2D eigenvalue weighted by Crippen LogP contribution is 2.34. The third-order valence-electron chi connectivity index (χ3n) is 7.23. The lowest BCUT2D eigenvalue weighted by Crippen LogP contribution is -2.39. The largest absolute Gasteiger partial charge is 0.398 e. The summed E-state index contributed by atoms with van der Waals surface area (Å²) in [5, 5.41) is 3.61. The zero-order valence-corrected chi connectivity index (χ0v) is 23.5. The minimum atomic E-state index is -0.356. The lowest BCUT2D eigenvalue weighted by Gasteiger charge is -2.25. The highest BCUT2D eigenvalue weighted by Gasteiger charge is 2.22. The topological polar surface area (TPSA) is 62.8 Å². The molecular weight excluding hydrogens is 512 g/mol. The molecule has 5 aromatic rings. The standard InChI is InChI=1S/C38H32N4/c1-2-14-31(38-41-36(28-17-8-4-9-18-28)40-37(42-38)29-19-10-5-11-20-29)26-32-25-30(27-15-6-3-7-16-27)23-24-33(32)34-21-12-13-22-35(34)39/h2-26,38H,39H2,1H3,(H,40,41,42)/b14-2-,31-26?. The molecule has 0 radical (unpaired) electrons. The number of nitrogens with one attached hydrogen (secondary N) is 1. The average molecular weight is 545 g/mol. The summed E-state index contributed by atoms with van der Waals surface area (Å²) in [5.41, 5.74) is 15.6. The van der Waals surface area contributed by atoms with Gasteiger partial charge in [0.25, 0.3) is 0 Å². The van der Waals surface area contributed by atoms with Crippen LogP contribution in [0.15, 0.2) is 161 Å². The van der Waals surface area contributed by atoms with Gasteiger partial charge in [-0.3, -0.25) is 0 Å². The minimum Gasteiger partial charge on any atom is -0.398 e. The van der Waals surface area contributed by atoms with Crippen LogP contribution in [-0.4, -0.2) is 17.8 Å². The first-order valence-corrected chi connectivity index (χ1v) is 14.1. The fourth-order valence-electron chi connectivity index (χ4n) is 5.15. The predicted molar refractivity (Wildman–Crippen MR) is 177 cm³/mol. The van der Waals surface area contributed by atoms with E-state index in [1.165, 1.54) is 0 Å². The second-order valence-corrected chi connectivity index (χ2v) is 10.1. The summed E-state index contributed by atoms with van der Waals surface area (Å²) in [4.78, 5) is 10.1. The van der Waals surface area contributed by atoms with Crippen LogP contribution in [0.5, 0.6) is 0 Å². The van der Waals surface area contributed by atoms with E-state index >= 15 is 0 Å². The molecule has 6 rings (SSSR count). The zero-order valence-electron chi connectivity index (χ0n) is 23.5. The van der Waals surface area contributed by atoms with Crippen molar-refractivity contribution < 1.29 is 0 Å². The molecule has 1 heterocycles. The van der Waals surface area contributed by atoms with E-state index in [4.69, 9.17) is 15.7 Å². The highest BCUT2D eigenvalue weighted by molar-refractivity contribution is 6.13. The predicted octanol–water partition coefficient (Wildman–Crippen LogP) is 8.39. The summed E-state index contributed by atoms with van der Waals surface area (Å²) >= 11 is 0. The minimum absolute atomic E-state index is 0.356. The zero-order chi connectivity index (χ0) is 28.7. The van der Waals surface area contributed by atoms with Crippen LogP contribution in [0.3, 0.4) is 0 Å². The molecule has 4 heteroatoms. The average Bonchev–Trinajstić information content (AvgIpc) is 3.06. The number of allylic oxidation sites excluding steroid dienone is 1. The molecule has 1 unspecified atom stereocenters. The Bertz CT molecular complexity index is 1800. The van der Waals surface area contributed by atoms with Crippen LogP contribution in [-0.2, 0) is 0 Å². The Morgan fingerprint density at radius 1 is 0.667 bits per heavy atom. The summed E-state index contributed by atoms with van der Waals surface area (Å²) in [6, 6.07) is 45.3. The summed E-state index contributed by atoms with van der Waals surface area (Å²) in [6.45, 7) is 2.03. The van der Waals surface area contributed by atoms with Crippen molar-refractivity contribution in [3.63, 3.8) is 0 Å². The van der Waals surface area contributed by atoms with Crippen molar-refractivity contribution in [2.45, 2.75) is 13.1 Å². The summed E-state index contributed by atoms with van der Waals surface area (Å²) in [6.07, 6.45) is 6.03. The number of hydrogen-bond acceptors (Lipinski definition) is 4. The van der Waals surface area contributed by atoms with Crippen molar-refractivity contribution in [3.8, 4) is 22.3 Å². The van der Waals surface area contributed by atoms with Gasteiger partial charge in [0.2, 0.25) is 0 Å². The maximum atomic E-state index is 6.48. The molecule has 3 N–H and O–H groups in total. The summed E-state index contributed by atoms with van der Waals surface area (Å²) < 4.78 is 0. The number of benzene rings is 5. The van der Waals surface area contributed by atoms with Crippen molar-refractivity contribution in [2.75, 3.05) is 5.73 Å². The molecule has 1 aliphatic heterocycles. The monoisotopic (exact) mass is 544 g/mol. The third-order valence-corrected chi connectivity index (χ3v) is 7.23. The molecule has 1 aliphatic rings. The molecule has 0 saturated heterocycles. The fraction of sp³-hybridized carbons (Fsp3) is 0.0526. The van der Waals surface area contributed by atoms with Crippen LogP contribution < -0.4 is 11.1 Å². The van der Waals surface area contributed by atoms with Gasteiger partial charge in [0.05, 0.1) is 0 Å². The van der Waals surface area contributed by atoms with Gasteiger partial charge in [-0.25, -0.2) is 9.98 Å². The molecule has 204 valence electrons. The van der Waals surface area contributed by atoms with E-state index in [0.717, 1.165) is 56.0 Å². The number of hydrogen-bond donors (Lipinski definition) is 2. The number of aliphatic imine (C=N–C) groups is 2. The number of anilines is 1. The number of nitrogens with zero attached hydrogens (tertiary/aromatic N) is 2. The molecule has 0 bridgehead atoms. The molecule has 0 saturated carbocycles. The smallest absolute Gasteiger partial charge is 0.159 e. The SMILES string of the molecule is C/C=C\C(=Cc1cc(-c2ccccc2)ccc1-c1ccccc1N)C1N=C(c2ccccc2)N=C(c2ccccc2)N1. The molecule has 0 aromatic heterocycles. The maximum Gasteiger partial charge on any atom is 0.159 e. The van der Waals surface area contributed by atoms with Gasteiger partial charge in [0, 0.05) is 22.4 Å². The van der Waals surface area contributed by atoms with E-state index < -0.39 is 0 Å². The molecule has 42 heavy (non-hydrogen) atoms. The molecule has 0 amide bonds. The van der Waals surface area contributed by atoms with Crippen molar-refractivity contribution in [1.29, 1.82) is 0 Å². The van der Waals surface area contributed by atoms with Gasteiger partial charge in [0.15, 0.2) is 5.84 Å². The lowest BCUT2D eigenvalue weighted by molar-refractivity contribution is 0.734. The van der Waals surface area contributed by atoms with Gasteiger partial charge in [-0.15, -0.1) is 0 Å². The van der Waals surface area contributed by atoms with Gasteiger partial charge in [-0.1, -0.05) is 133 Å². The Labute approximate surface area is 247 Å². The van der Waals surface area contributed by atoms with Gasteiger partial charge in [0.1, 0.15) is 12.0 Å². The maximum absolute atomic E-state index is 6.48. The molecular formula is C38H32N4. The quantitative estimate of drug-likeness (QED) is 0.160. The van der Waals surface area contributed by atoms with E-state index in [2.05, 4.69) is 84.2 Å². The van der Waals surface area contributed by atoms with Crippen molar-refractivity contribution in [2.24, 2.45) is 9.98 Å². The van der Waals surface area contributed by atoms with E-state index in [1.807, 2.05) is 79.7 Å². The third kappa shape index (κ3) is 5.84. The Morgan fingerprint density at radius 3 is 1.95 bits per heavy atom. The van der Waals surface area contributed by atoms with Gasteiger partial charge < -0.3 is 11.1 Å². The van der Waals surface area contributed by atoms with Gasteiger partial charge in [-0.2, -0.15) is 0 Å². The number of nitrogens with two attached hydrogens (primary N) is 1. The molecule has 0 aliphatic carbocycles. The van der Waals surface area contributed by atoms with Crippen LogP contribution in [0.1, 0.15) is 23.6 Å². The number of nitrogen functional groups attached to an aromatic ring is 1. The Hall–Kier alpha value is -5.48.